The fourth-order valence-electron chi connectivity index (χ4n) is 2.89. The molecule has 1 aliphatic carbocycles. The third kappa shape index (κ3) is 3.30. The van der Waals surface area contributed by atoms with Gasteiger partial charge in [0.2, 0.25) is 0 Å². The molecule has 0 bridgehead atoms. The normalized spacial score (nSPS) is 18.9. The van der Waals surface area contributed by atoms with E-state index in [1.54, 1.807) is 11.3 Å². The van der Waals surface area contributed by atoms with Crippen molar-refractivity contribution in [2.24, 2.45) is 0 Å². The Morgan fingerprint density at radius 3 is 3.00 bits per heavy atom. The zero-order chi connectivity index (χ0) is 13.8. The second-order valence-corrected chi connectivity index (χ2v) is 6.76. The summed E-state index contributed by atoms with van der Waals surface area (Å²) in [6.07, 6.45) is 9.40. The highest BCUT2D eigenvalue weighted by Crippen LogP contribution is 2.28. The van der Waals surface area contributed by atoms with Crippen LogP contribution in [0.2, 0.25) is 0 Å². The van der Waals surface area contributed by atoms with Crippen molar-refractivity contribution >= 4 is 17.2 Å². The van der Waals surface area contributed by atoms with E-state index in [0.29, 0.717) is 6.54 Å². The van der Waals surface area contributed by atoms with Gasteiger partial charge in [0, 0.05) is 18.0 Å². The van der Waals surface area contributed by atoms with Gasteiger partial charge in [0.25, 0.3) is 5.91 Å². The molecule has 0 fully saturated rings. The SMILES string of the molecule is O=C(NCC1=CCNCC1)c1cc2c(s1)CCCCC2. The summed E-state index contributed by atoms with van der Waals surface area (Å²) in [6.45, 7) is 2.65. The minimum Gasteiger partial charge on any atom is -0.348 e. The molecule has 3 rings (SSSR count). The Balaban J connectivity index is 1.61. The van der Waals surface area contributed by atoms with Gasteiger partial charge >= 0.3 is 0 Å². The summed E-state index contributed by atoms with van der Waals surface area (Å²) < 4.78 is 0. The van der Waals surface area contributed by atoms with E-state index >= 15 is 0 Å². The summed E-state index contributed by atoms with van der Waals surface area (Å²) in [5, 5.41) is 6.35. The van der Waals surface area contributed by atoms with Gasteiger partial charge in [-0.3, -0.25) is 4.79 Å². The maximum absolute atomic E-state index is 12.2. The van der Waals surface area contributed by atoms with Crippen molar-refractivity contribution in [1.82, 2.24) is 10.6 Å². The lowest BCUT2D eigenvalue weighted by Crippen LogP contribution is -2.29. The molecule has 108 valence electrons. The van der Waals surface area contributed by atoms with E-state index in [1.807, 2.05) is 0 Å². The summed E-state index contributed by atoms with van der Waals surface area (Å²) in [5.74, 6) is 0.0995. The lowest BCUT2D eigenvalue weighted by molar-refractivity contribution is 0.0960. The second kappa shape index (κ2) is 6.55. The fraction of sp³-hybridized carbons (Fsp3) is 0.562. The monoisotopic (exact) mass is 290 g/mol. The van der Waals surface area contributed by atoms with Crippen LogP contribution < -0.4 is 10.6 Å². The van der Waals surface area contributed by atoms with Gasteiger partial charge in [0.15, 0.2) is 0 Å². The minimum absolute atomic E-state index is 0.0995. The maximum atomic E-state index is 12.2. The first-order valence-corrected chi connectivity index (χ1v) is 8.43. The smallest absolute Gasteiger partial charge is 0.261 e. The zero-order valence-electron chi connectivity index (χ0n) is 11.8. The Hall–Kier alpha value is -1.13. The van der Waals surface area contributed by atoms with Crippen molar-refractivity contribution in [2.45, 2.75) is 38.5 Å². The van der Waals surface area contributed by atoms with E-state index in [9.17, 15) is 4.79 Å². The molecule has 0 spiro atoms. The third-order valence-electron chi connectivity index (χ3n) is 4.10. The third-order valence-corrected chi connectivity index (χ3v) is 5.34. The van der Waals surface area contributed by atoms with Gasteiger partial charge in [-0.1, -0.05) is 18.1 Å². The maximum Gasteiger partial charge on any atom is 0.261 e. The molecule has 1 aliphatic heterocycles. The van der Waals surface area contributed by atoms with Crippen LogP contribution in [0.15, 0.2) is 17.7 Å². The Bertz CT molecular complexity index is 495. The molecule has 1 aromatic heterocycles. The molecule has 0 aromatic carbocycles. The number of amides is 1. The minimum atomic E-state index is 0.0995. The number of carbonyl (C=O) groups is 1. The topological polar surface area (TPSA) is 41.1 Å². The molecule has 0 saturated heterocycles. The van der Waals surface area contributed by atoms with Gasteiger partial charge in [-0.05, 0) is 50.3 Å². The Kier molecular flexibility index (Phi) is 4.53. The average molecular weight is 290 g/mol. The first-order valence-electron chi connectivity index (χ1n) is 7.61. The molecule has 0 saturated carbocycles. The van der Waals surface area contributed by atoms with Crippen LogP contribution in [-0.4, -0.2) is 25.5 Å². The predicted molar refractivity (Wildman–Crippen MR) is 83.5 cm³/mol. The van der Waals surface area contributed by atoms with Crippen molar-refractivity contribution in [3.63, 3.8) is 0 Å². The van der Waals surface area contributed by atoms with Gasteiger partial charge in [0.1, 0.15) is 0 Å². The van der Waals surface area contributed by atoms with E-state index in [1.165, 1.54) is 35.3 Å². The number of rotatable bonds is 3. The molecule has 3 nitrogen and oxygen atoms in total. The van der Waals surface area contributed by atoms with Crippen LogP contribution in [0.5, 0.6) is 0 Å². The second-order valence-electron chi connectivity index (χ2n) is 5.62. The number of aryl methyl sites for hydroxylation is 2. The number of hydrogen-bond acceptors (Lipinski definition) is 3. The Morgan fingerprint density at radius 1 is 1.25 bits per heavy atom. The summed E-state index contributed by atoms with van der Waals surface area (Å²) in [5.41, 5.74) is 2.76. The van der Waals surface area contributed by atoms with Crippen molar-refractivity contribution < 1.29 is 4.79 Å². The molecule has 2 N–H and O–H groups in total. The van der Waals surface area contributed by atoms with Gasteiger partial charge in [-0.2, -0.15) is 0 Å². The first-order chi connectivity index (χ1) is 9.83. The molecule has 0 unspecified atom stereocenters. The van der Waals surface area contributed by atoms with Gasteiger partial charge in [-0.15, -0.1) is 11.3 Å². The number of fused-ring (bicyclic) bond motifs is 1. The summed E-state index contributed by atoms with van der Waals surface area (Å²) in [6, 6.07) is 2.12. The molecule has 1 aromatic rings. The number of hydrogen-bond donors (Lipinski definition) is 2. The quantitative estimate of drug-likeness (QED) is 0.664. The molecule has 0 atom stereocenters. The van der Waals surface area contributed by atoms with Crippen molar-refractivity contribution in [2.75, 3.05) is 19.6 Å². The molecule has 1 amide bonds. The molecule has 2 aliphatic rings. The largest absolute Gasteiger partial charge is 0.348 e. The van der Waals surface area contributed by atoms with Crippen LogP contribution in [0.3, 0.4) is 0 Å². The van der Waals surface area contributed by atoms with E-state index in [4.69, 9.17) is 0 Å². The molecular formula is C16H22N2OS. The molecule has 4 heteroatoms. The van der Waals surface area contributed by atoms with Crippen LogP contribution in [-0.2, 0) is 12.8 Å². The van der Waals surface area contributed by atoms with Crippen LogP contribution >= 0.6 is 11.3 Å². The van der Waals surface area contributed by atoms with Gasteiger partial charge in [-0.25, -0.2) is 0 Å². The Labute approximate surface area is 124 Å². The number of nitrogens with one attached hydrogen (secondary N) is 2. The standard InChI is InChI=1S/C16H22N2OS/c19-16(18-11-12-6-8-17-9-7-12)15-10-13-4-2-1-3-5-14(13)20-15/h6,10,17H,1-5,7-9,11H2,(H,18,19). The number of carbonyl (C=O) groups excluding carboxylic acids is 1. The highest BCUT2D eigenvalue weighted by atomic mass is 32.1. The number of thiophene rings is 1. The summed E-state index contributed by atoms with van der Waals surface area (Å²) in [7, 11) is 0. The average Bonchev–Trinajstić information content (AvgIpc) is 2.77. The van der Waals surface area contributed by atoms with E-state index in [2.05, 4.69) is 22.8 Å². The van der Waals surface area contributed by atoms with Crippen LogP contribution in [0.25, 0.3) is 0 Å². The van der Waals surface area contributed by atoms with Crippen molar-refractivity contribution in [1.29, 1.82) is 0 Å². The molecule has 0 radical (unpaired) electrons. The predicted octanol–water partition coefficient (Wildman–Crippen LogP) is 2.67. The van der Waals surface area contributed by atoms with Crippen molar-refractivity contribution in [3.8, 4) is 0 Å². The van der Waals surface area contributed by atoms with Gasteiger partial charge < -0.3 is 10.6 Å². The van der Waals surface area contributed by atoms with Crippen LogP contribution in [0, 0.1) is 0 Å². The lowest BCUT2D eigenvalue weighted by atomic mass is 10.1. The highest BCUT2D eigenvalue weighted by molar-refractivity contribution is 7.14. The van der Waals surface area contributed by atoms with Crippen LogP contribution in [0.4, 0.5) is 0 Å². The first kappa shape index (κ1) is 13.8. The van der Waals surface area contributed by atoms with Crippen molar-refractivity contribution in [3.05, 3.63) is 33.0 Å². The fourth-order valence-corrected chi connectivity index (χ4v) is 4.06. The lowest BCUT2D eigenvalue weighted by Gasteiger charge is -2.14. The highest BCUT2D eigenvalue weighted by Gasteiger charge is 2.16. The molecule has 2 heterocycles. The molecule has 20 heavy (non-hydrogen) atoms. The van der Waals surface area contributed by atoms with E-state index in [-0.39, 0.29) is 5.91 Å². The van der Waals surface area contributed by atoms with E-state index < -0.39 is 0 Å². The molecular weight excluding hydrogens is 268 g/mol. The Morgan fingerprint density at radius 2 is 2.15 bits per heavy atom. The summed E-state index contributed by atoms with van der Waals surface area (Å²) >= 11 is 1.70. The van der Waals surface area contributed by atoms with Crippen LogP contribution in [0.1, 0.15) is 45.8 Å². The zero-order valence-corrected chi connectivity index (χ0v) is 12.7. The van der Waals surface area contributed by atoms with E-state index in [0.717, 1.165) is 37.2 Å². The summed E-state index contributed by atoms with van der Waals surface area (Å²) in [4.78, 5) is 14.6. The van der Waals surface area contributed by atoms with Gasteiger partial charge in [0.05, 0.1) is 4.88 Å².